The number of fused-ring (bicyclic) bond motifs is 1. The van der Waals surface area contributed by atoms with Crippen LogP contribution < -0.4 is 4.90 Å². The molecule has 3 heterocycles. The van der Waals surface area contributed by atoms with Crippen LogP contribution in [0.3, 0.4) is 0 Å². The molecule has 4 heteroatoms. The highest BCUT2D eigenvalue weighted by Gasteiger charge is 2.18. The van der Waals surface area contributed by atoms with E-state index in [1.807, 2.05) is 36.5 Å². The van der Waals surface area contributed by atoms with Gasteiger partial charge in [-0.25, -0.2) is 9.78 Å². The van der Waals surface area contributed by atoms with E-state index in [1.165, 1.54) is 25.9 Å². The van der Waals surface area contributed by atoms with Gasteiger partial charge >= 0.3 is 5.97 Å². The second-order valence-corrected chi connectivity index (χ2v) is 5.12. The highest BCUT2D eigenvalue weighted by Crippen LogP contribution is 2.18. The van der Waals surface area contributed by atoms with Crippen LogP contribution in [0.15, 0.2) is 48.7 Å². The maximum Gasteiger partial charge on any atom is 0.338 e. The molecule has 2 aromatic rings. The molecule has 0 aliphatic carbocycles. The molecule has 0 saturated carbocycles. The van der Waals surface area contributed by atoms with Crippen molar-refractivity contribution in [3.63, 3.8) is 0 Å². The summed E-state index contributed by atoms with van der Waals surface area (Å²) in [5.41, 5.74) is 1.70. The lowest BCUT2D eigenvalue weighted by Gasteiger charge is -2.14. The van der Waals surface area contributed by atoms with Gasteiger partial charge in [-0.15, -0.1) is 0 Å². The molecule has 1 aromatic carbocycles. The largest absolute Gasteiger partial charge is 0.457 e. The minimum absolute atomic E-state index is 0.199. The number of ether oxygens (including phenoxy) is 1. The van der Waals surface area contributed by atoms with Crippen LogP contribution in [0.4, 0.5) is 5.82 Å². The lowest BCUT2D eigenvalue weighted by molar-refractivity contribution is 0.0535. The molecule has 1 aromatic heterocycles. The molecule has 4 rings (SSSR count). The van der Waals surface area contributed by atoms with Gasteiger partial charge < -0.3 is 9.64 Å². The normalized spacial score (nSPS) is 16.0. The summed E-state index contributed by atoms with van der Waals surface area (Å²) in [6.45, 7) is 2.79. The van der Waals surface area contributed by atoms with Crippen LogP contribution in [-0.4, -0.2) is 24.0 Å². The molecule has 0 atom stereocenters. The molecule has 0 radical (unpaired) electrons. The van der Waals surface area contributed by atoms with E-state index in [0.29, 0.717) is 12.2 Å². The van der Waals surface area contributed by atoms with Crippen LogP contribution in [0.25, 0.3) is 0 Å². The Bertz CT molecular complexity index is 607. The zero-order valence-corrected chi connectivity index (χ0v) is 11.9. The van der Waals surface area contributed by atoms with Gasteiger partial charge in [0, 0.05) is 24.8 Å². The predicted octanol–water partition coefficient (Wildman–Crippen LogP) is 3.04. The number of pyridine rings is 1. The Kier molecular flexibility index (Phi) is 4.15. The van der Waals surface area contributed by atoms with Crippen molar-refractivity contribution in [1.29, 1.82) is 0 Å². The van der Waals surface area contributed by atoms with Crippen LogP contribution in [0.1, 0.15) is 28.8 Å². The number of hydrogen-bond donors (Lipinski definition) is 0. The van der Waals surface area contributed by atoms with Gasteiger partial charge in [-0.3, -0.25) is 0 Å². The van der Waals surface area contributed by atoms with Crippen molar-refractivity contribution in [2.45, 2.75) is 19.4 Å². The quantitative estimate of drug-likeness (QED) is 0.754. The smallest absolute Gasteiger partial charge is 0.338 e. The number of nitrogens with zero attached hydrogens (tertiary/aromatic N) is 2. The van der Waals surface area contributed by atoms with Crippen LogP contribution in [-0.2, 0) is 11.3 Å². The van der Waals surface area contributed by atoms with E-state index < -0.39 is 0 Å². The van der Waals surface area contributed by atoms with E-state index in [9.17, 15) is 4.79 Å². The summed E-state index contributed by atoms with van der Waals surface area (Å²) in [5, 5.41) is 0. The Morgan fingerprint density at radius 3 is 2.48 bits per heavy atom. The number of aromatic nitrogens is 1. The van der Waals surface area contributed by atoms with E-state index in [4.69, 9.17) is 4.74 Å². The number of carbonyl (C=O) groups is 1. The lowest BCUT2D eigenvalue weighted by atomic mass is 10.1. The first-order valence-corrected chi connectivity index (χ1v) is 7.25. The highest BCUT2D eigenvalue weighted by molar-refractivity contribution is 5.93. The molecule has 0 N–H and O–H groups in total. The summed E-state index contributed by atoms with van der Waals surface area (Å²) < 4.78 is 4.78. The zero-order valence-electron chi connectivity index (χ0n) is 11.9. The molecule has 1 fully saturated rings. The second-order valence-electron chi connectivity index (χ2n) is 5.12. The van der Waals surface area contributed by atoms with Crippen LogP contribution >= 0.6 is 0 Å². The monoisotopic (exact) mass is 282 g/mol. The number of benzene rings is 1. The fourth-order valence-corrected chi connectivity index (χ4v) is 2.55. The lowest BCUT2D eigenvalue weighted by Crippen LogP contribution is -2.18. The van der Waals surface area contributed by atoms with Gasteiger partial charge in [0.15, 0.2) is 0 Å². The van der Waals surface area contributed by atoms with E-state index >= 15 is 0 Å². The number of anilines is 1. The third-order valence-corrected chi connectivity index (χ3v) is 3.68. The molecule has 0 bridgehead atoms. The summed E-state index contributed by atoms with van der Waals surface area (Å²) in [5.74, 6) is 0.931. The Morgan fingerprint density at radius 2 is 1.76 bits per heavy atom. The Morgan fingerprint density at radius 1 is 1.00 bits per heavy atom. The second kappa shape index (κ2) is 6.39. The van der Waals surface area contributed by atoms with Crippen molar-refractivity contribution >= 4 is 11.8 Å². The van der Waals surface area contributed by atoms with Crippen molar-refractivity contribution in [2.24, 2.45) is 0 Å². The maximum absolute atomic E-state index is 10.8. The summed E-state index contributed by atoms with van der Waals surface area (Å²) in [6, 6.07) is 13.5. The molecule has 21 heavy (non-hydrogen) atoms. The molecule has 2 aliphatic heterocycles. The maximum atomic E-state index is 10.8. The van der Waals surface area contributed by atoms with E-state index in [-0.39, 0.29) is 5.97 Å². The van der Waals surface area contributed by atoms with E-state index in [2.05, 4.69) is 16.0 Å². The molecular formula is C17H18N2O2. The molecule has 108 valence electrons. The molecule has 1 saturated heterocycles. The number of carbonyl (C=O) groups excluding carboxylic acids is 1. The number of cyclic esters (lactones) is 1. The summed E-state index contributed by atoms with van der Waals surface area (Å²) >= 11 is 0. The van der Waals surface area contributed by atoms with Crippen molar-refractivity contribution in [3.8, 4) is 0 Å². The molecule has 4 nitrogen and oxygen atoms in total. The topological polar surface area (TPSA) is 42.4 Å². The summed E-state index contributed by atoms with van der Waals surface area (Å²) in [6.07, 6.45) is 4.49. The predicted molar refractivity (Wildman–Crippen MR) is 81.2 cm³/mol. The Balaban J connectivity index is 0.000000126. The number of hydrogen-bond acceptors (Lipinski definition) is 4. The SMILES string of the molecule is O=C1OCc2ccccc21.c1ccc(N2CCCC2)nc1. The van der Waals surface area contributed by atoms with Crippen molar-refractivity contribution in [1.82, 2.24) is 4.98 Å². The van der Waals surface area contributed by atoms with Crippen LogP contribution in [0, 0.1) is 0 Å². The third-order valence-electron chi connectivity index (χ3n) is 3.68. The minimum atomic E-state index is -0.199. The fourth-order valence-electron chi connectivity index (χ4n) is 2.55. The number of esters is 1. The van der Waals surface area contributed by atoms with Crippen molar-refractivity contribution < 1.29 is 9.53 Å². The Labute approximate surface area is 124 Å². The zero-order chi connectivity index (χ0) is 14.5. The summed E-state index contributed by atoms with van der Waals surface area (Å²) in [7, 11) is 0. The van der Waals surface area contributed by atoms with Gasteiger partial charge in [0.1, 0.15) is 12.4 Å². The molecule has 0 spiro atoms. The molecular weight excluding hydrogens is 264 g/mol. The molecule has 0 amide bonds. The minimum Gasteiger partial charge on any atom is -0.457 e. The first-order chi connectivity index (χ1) is 10.3. The van der Waals surface area contributed by atoms with Gasteiger partial charge in [-0.1, -0.05) is 24.3 Å². The average molecular weight is 282 g/mol. The van der Waals surface area contributed by atoms with E-state index in [1.54, 1.807) is 6.07 Å². The van der Waals surface area contributed by atoms with Crippen LogP contribution in [0.5, 0.6) is 0 Å². The van der Waals surface area contributed by atoms with Crippen molar-refractivity contribution in [3.05, 3.63) is 59.8 Å². The molecule has 0 unspecified atom stereocenters. The molecule has 2 aliphatic rings. The van der Waals surface area contributed by atoms with Gasteiger partial charge in [0.25, 0.3) is 0 Å². The fraction of sp³-hybridized carbons (Fsp3) is 0.294. The van der Waals surface area contributed by atoms with Crippen molar-refractivity contribution in [2.75, 3.05) is 18.0 Å². The van der Waals surface area contributed by atoms with Gasteiger partial charge in [0.05, 0.1) is 5.56 Å². The van der Waals surface area contributed by atoms with Gasteiger partial charge in [0.2, 0.25) is 0 Å². The van der Waals surface area contributed by atoms with Gasteiger partial charge in [-0.05, 0) is 31.0 Å². The van der Waals surface area contributed by atoms with Gasteiger partial charge in [-0.2, -0.15) is 0 Å². The first kappa shape index (κ1) is 13.6. The average Bonchev–Trinajstić information content (AvgIpc) is 3.20. The first-order valence-electron chi connectivity index (χ1n) is 7.25. The number of rotatable bonds is 1. The highest BCUT2D eigenvalue weighted by atomic mass is 16.5. The standard InChI is InChI=1S/C9H12N2.C8H6O2/c1-2-6-10-9(5-1)11-7-3-4-8-11;9-8-7-4-2-1-3-6(7)5-10-8/h1-2,5-6H,3-4,7-8H2;1-4H,5H2. The van der Waals surface area contributed by atoms with Crippen LogP contribution in [0.2, 0.25) is 0 Å². The third kappa shape index (κ3) is 3.21. The summed E-state index contributed by atoms with van der Waals surface area (Å²) in [4.78, 5) is 17.5. The Hall–Kier alpha value is -2.36. The van der Waals surface area contributed by atoms with E-state index in [0.717, 1.165) is 11.4 Å².